The van der Waals surface area contributed by atoms with E-state index in [9.17, 15) is 8.42 Å². The van der Waals surface area contributed by atoms with Gasteiger partial charge in [-0.25, -0.2) is 4.99 Å². The lowest BCUT2D eigenvalue weighted by atomic mass is 10.2. The Morgan fingerprint density at radius 2 is 1.27 bits per heavy atom. The van der Waals surface area contributed by atoms with Crippen LogP contribution >= 0.6 is 11.6 Å². The van der Waals surface area contributed by atoms with Gasteiger partial charge in [-0.05, 0) is 65.2 Å². The van der Waals surface area contributed by atoms with Crippen LogP contribution in [-0.2, 0) is 29.9 Å². The van der Waals surface area contributed by atoms with Crippen molar-refractivity contribution in [1.29, 1.82) is 0 Å². The summed E-state index contributed by atoms with van der Waals surface area (Å²) in [6, 6.07) is 43.3. The molecule has 0 aliphatic carbocycles. The molecule has 0 aromatic heterocycles. The molecule has 0 aliphatic heterocycles. The van der Waals surface area contributed by atoms with Crippen LogP contribution in [0.5, 0.6) is 11.5 Å². The van der Waals surface area contributed by atoms with Crippen LogP contribution in [0.4, 0.5) is 11.4 Å². The first kappa shape index (κ1) is 33.1. The maximum Gasteiger partial charge on any atom is 0.261 e. The van der Waals surface area contributed by atoms with Crippen molar-refractivity contribution in [3.63, 3.8) is 0 Å². The van der Waals surface area contributed by atoms with Gasteiger partial charge in [-0.1, -0.05) is 90.5 Å². The molecule has 0 bridgehead atoms. The van der Waals surface area contributed by atoms with E-state index in [0.29, 0.717) is 37.0 Å². The molecule has 0 atom stereocenters. The number of ether oxygens (including phenoxy) is 2. The van der Waals surface area contributed by atoms with Crippen molar-refractivity contribution in [3.05, 3.63) is 155 Å². The second-order valence-electron chi connectivity index (χ2n) is 9.96. The van der Waals surface area contributed by atoms with E-state index in [-0.39, 0.29) is 0 Å². The molecule has 0 heterocycles. The average molecular weight is 644 g/mol. The first-order chi connectivity index (χ1) is 21.6. The molecule has 0 saturated heterocycles. The van der Waals surface area contributed by atoms with Crippen molar-refractivity contribution in [2.45, 2.75) is 19.8 Å². The first-order valence-electron chi connectivity index (χ1n) is 13.9. The molecule has 10 heteroatoms. The normalized spacial score (nSPS) is 11.2. The van der Waals surface area contributed by atoms with E-state index in [4.69, 9.17) is 36.4 Å². The predicted octanol–water partition coefficient (Wildman–Crippen LogP) is 7.66. The zero-order chi connectivity index (χ0) is 32.1. The molecule has 0 radical (unpaired) electrons. The van der Waals surface area contributed by atoms with Crippen molar-refractivity contribution in [3.8, 4) is 11.5 Å². The third kappa shape index (κ3) is 12.0. The minimum absolute atomic E-state index is 0.355. The Balaban J connectivity index is 0.000000854. The third-order valence-electron chi connectivity index (χ3n) is 6.24. The van der Waals surface area contributed by atoms with Crippen molar-refractivity contribution < 1.29 is 22.4 Å². The number of hydrogen-bond acceptors (Lipinski definition) is 5. The van der Waals surface area contributed by atoms with E-state index >= 15 is 0 Å². The first-order valence-corrected chi connectivity index (χ1v) is 16.2. The second-order valence-corrected chi connectivity index (χ2v) is 11.9. The van der Waals surface area contributed by atoms with Crippen LogP contribution in [0, 0.1) is 0 Å². The molecule has 0 saturated carbocycles. The quantitative estimate of drug-likeness (QED) is 0.0912. The molecule has 3 N–H and O–H groups in total. The van der Waals surface area contributed by atoms with Crippen LogP contribution in [0.25, 0.3) is 0 Å². The molecule has 0 spiro atoms. The van der Waals surface area contributed by atoms with Crippen molar-refractivity contribution in [2.24, 2.45) is 10.7 Å². The lowest BCUT2D eigenvalue weighted by Crippen LogP contribution is -2.36. The molecule has 0 aliphatic rings. The Morgan fingerprint density at radius 3 is 1.82 bits per heavy atom. The standard InChI is InChI=1S/C34H30ClN3O2.CH4O3S/c35-29-16-14-26(15-17-29)23-38(31-12-7-13-33(22-31)40-25-28-10-5-2-6-11-28)34(36)37-30-18-20-32(21-19-30)39-24-27-8-3-1-4-9-27;1-5(2,3)4/h1-22H,23-25H2,(H2,36,37);1H3,(H,2,3,4). The molecular weight excluding hydrogens is 610 g/mol. The van der Waals surface area contributed by atoms with Gasteiger partial charge in [-0.15, -0.1) is 0 Å². The lowest BCUT2D eigenvalue weighted by molar-refractivity contribution is 0.306. The van der Waals surface area contributed by atoms with Gasteiger partial charge in [0.05, 0.1) is 18.5 Å². The van der Waals surface area contributed by atoms with E-state index in [2.05, 4.69) is 0 Å². The van der Waals surface area contributed by atoms with Gasteiger partial charge in [0.15, 0.2) is 0 Å². The van der Waals surface area contributed by atoms with Crippen molar-refractivity contribution in [2.75, 3.05) is 11.2 Å². The van der Waals surface area contributed by atoms with Gasteiger partial charge in [0, 0.05) is 16.8 Å². The Morgan fingerprint density at radius 1 is 0.733 bits per heavy atom. The summed E-state index contributed by atoms with van der Waals surface area (Å²) >= 11 is 6.12. The Hall–Kier alpha value is -4.83. The topological polar surface area (TPSA) is 114 Å². The number of rotatable bonds is 10. The van der Waals surface area contributed by atoms with Crippen LogP contribution < -0.4 is 20.1 Å². The SMILES string of the molecule is CS(=O)(=O)O.NC(=Nc1ccc(OCc2ccccc2)cc1)N(Cc1ccc(Cl)cc1)c1cccc(OCc2ccccc2)c1. The predicted molar refractivity (Wildman–Crippen MR) is 181 cm³/mol. The van der Waals surface area contributed by atoms with Gasteiger partial charge in [0.25, 0.3) is 10.1 Å². The fourth-order valence-corrected chi connectivity index (χ4v) is 4.24. The number of aliphatic imine (C=N–C) groups is 1. The number of guanidine groups is 1. The van der Waals surface area contributed by atoms with Gasteiger partial charge < -0.3 is 20.1 Å². The maximum absolute atomic E-state index is 9.19. The Bertz CT molecular complexity index is 1760. The lowest BCUT2D eigenvalue weighted by Gasteiger charge is -2.24. The summed E-state index contributed by atoms with van der Waals surface area (Å²) in [6.45, 7) is 1.49. The van der Waals surface area contributed by atoms with Crippen molar-refractivity contribution >= 4 is 39.1 Å². The monoisotopic (exact) mass is 643 g/mol. The molecule has 0 amide bonds. The zero-order valence-electron chi connectivity index (χ0n) is 24.7. The maximum atomic E-state index is 9.19. The third-order valence-corrected chi connectivity index (χ3v) is 6.49. The second kappa shape index (κ2) is 16.3. The number of hydrogen-bond donors (Lipinski definition) is 2. The van der Waals surface area contributed by atoms with Crippen LogP contribution in [0.15, 0.2) is 138 Å². The molecule has 0 fully saturated rings. The highest BCUT2D eigenvalue weighted by Crippen LogP contribution is 2.26. The molecule has 0 unspecified atom stereocenters. The molecular formula is C35H34ClN3O5S. The van der Waals surface area contributed by atoms with E-state index in [1.165, 1.54) is 0 Å². The van der Waals surface area contributed by atoms with Gasteiger partial charge in [0.1, 0.15) is 24.7 Å². The van der Waals surface area contributed by atoms with Crippen LogP contribution in [0.2, 0.25) is 5.02 Å². The van der Waals surface area contributed by atoms with E-state index in [0.717, 1.165) is 39.6 Å². The molecule has 8 nitrogen and oxygen atoms in total. The van der Waals surface area contributed by atoms with Crippen LogP contribution in [0.1, 0.15) is 16.7 Å². The summed E-state index contributed by atoms with van der Waals surface area (Å²) in [7, 11) is -3.67. The largest absolute Gasteiger partial charge is 0.489 e. The summed E-state index contributed by atoms with van der Waals surface area (Å²) in [5.74, 6) is 1.87. The fraction of sp³-hybridized carbons (Fsp3) is 0.114. The number of anilines is 1. The fourth-order valence-electron chi connectivity index (χ4n) is 4.11. The van der Waals surface area contributed by atoms with Crippen LogP contribution in [-0.4, -0.2) is 25.2 Å². The molecule has 232 valence electrons. The number of benzene rings is 5. The van der Waals surface area contributed by atoms with Gasteiger partial charge in [-0.3, -0.25) is 4.55 Å². The summed E-state index contributed by atoms with van der Waals surface area (Å²) < 4.78 is 37.9. The van der Waals surface area contributed by atoms with Crippen molar-refractivity contribution in [1.82, 2.24) is 0 Å². The highest BCUT2D eigenvalue weighted by atomic mass is 35.5. The smallest absolute Gasteiger partial charge is 0.261 e. The summed E-state index contributed by atoms with van der Waals surface area (Å²) in [5, 5.41) is 0.683. The molecule has 45 heavy (non-hydrogen) atoms. The van der Waals surface area contributed by atoms with Gasteiger partial charge >= 0.3 is 0 Å². The van der Waals surface area contributed by atoms with Gasteiger partial charge in [-0.2, -0.15) is 8.42 Å². The summed E-state index contributed by atoms with van der Waals surface area (Å²) in [4.78, 5) is 6.69. The highest BCUT2D eigenvalue weighted by Gasteiger charge is 2.14. The minimum atomic E-state index is -3.67. The van der Waals surface area contributed by atoms with E-state index < -0.39 is 10.1 Å². The van der Waals surface area contributed by atoms with Crippen LogP contribution in [0.3, 0.4) is 0 Å². The molecule has 5 rings (SSSR count). The van der Waals surface area contributed by atoms with Gasteiger partial charge in [0.2, 0.25) is 5.96 Å². The van der Waals surface area contributed by atoms with E-state index in [1.807, 2.05) is 138 Å². The number of nitrogens with zero attached hydrogens (tertiary/aromatic N) is 2. The minimum Gasteiger partial charge on any atom is -0.489 e. The average Bonchev–Trinajstić information content (AvgIpc) is 3.03. The highest BCUT2D eigenvalue weighted by molar-refractivity contribution is 7.85. The van der Waals surface area contributed by atoms with E-state index in [1.54, 1.807) is 0 Å². The Kier molecular flexibility index (Phi) is 12.0. The number of nitrogens with two attached hydrogens (primary N) is 1. The molecule has 5 aromatic carbocycles. The Labute approximate surface area is 269 Å². The summed E-state index contributed by atoms with van der Waals surface area (Å²) in [5.41, 5.74) is 11.5. The zero-order valence-corrected chi connectivity index (χ0v) is 26.2. The molecule has 5 aromatic rings. The number of halogens is 1. The summed E-state index contributed by atoms with van der Waals surface area (Å²) in [6.07, 6.45) is 0.715.